The van der Waals surface area contributed by atoms with Crippen molar-refractivity contribution in [3.63, 3.8) is 0 Å². The smallest absolute Gasteiger partial charge is 0.290 e. The molecule has 0 aliphatic carbocycles. The first-order valence-corrected chi connectivity index (χ1v) is 8.74. The molecule has 1 amide bonds. The van der Waals surface area contributed by atoms with Gasteiger partial charge in [0.1, 0.15) is 17.8 Å². The van der Waals surface area contributed by atoms with Crippen molar-refractivity contribution in [2.24, 2.45) is 0 Å². The van der Waals surface area contributed by atoms with E-state index in [2.05, 4.69) is 4.98 Å². The Balaban J connectivity index is 1.59. The number of amides is 1. The molecule has 1 aliphatic heterocycles. The Kier molecular flexibility index (Phi) is 5.54. The third kappa shape index (κ3) is 4.33. The van der Waals surface area contributed by atoms with Crippen molar-refractivity contribution in [2.45, 2.75) is 13.3 Å². The molecule has 8 nitrogen and oxygen atoms in total. The second kappa shape index (κ2) is 8.03. The summed E-state index contributed by atoms with van der Waals surface area (Å²) < 4.78 is 5.20. The highest BCUT2D eigenvalue weighted by atomic mass is 16.6. The van der Waals surface area contributed by atoms with Gasteiger partial charge in [-0.1, -0.05) is 12.1 Å². The van der Waals surface area contributed by atoms with E-state index in [9.17, 15) is 14.9 Å². The number of hydrogen-bond acceptors (Lipinski definition) is 6. The number of methoxy groups -OCH3 is 1. The Labute approximate surface area is 157 Å². The number of anilines is 1. The molecule has 1 aliphatic rings. The van der Waals surface area contributed by atoms with Gasteiger partial charge in [0, 0.05) is 31.7 Å². The summed E-state index contributed by atoms with van der Waals surface area (Å²) in [7, 11) is 1.61. The van der Waals surface area contributed by atoms with Crippen molar-refractivity contribution >= 4 is 17.4 Å². The highest BCUT2D eigenvalue weighted by Crippen LogP contribution is 2.22. The van der Waals surface area contributed by atoms with Crippen LogP contribution in [0, 0.1) is 17.0 Å². The van der Waals surface area contributed by atoms with Crippen LogP contribution in [0.5, 0.6) is 5.75 Å². The van der Waals surface area contributed by atoms with Crippen LogP contribution in [0.3, 0.4) is 0 Å². The largest absolute Gasteiger partial charge is 0.497 e. The molecule has 0 radical (unpaired) electrons. The van der Waals surface area contributed by atoms with Crippen LogP contribution >= 0.6 is 0 Å². The zero-order valence-electron chi connectivity index (χ0n) is 15.4. The normalized spacial score (nSPS) is 14.1. The van der Waals surface area contributed by atoms with Gasteiger partial charge in [-0.15, -0.1) is 0 Å². The van der Waals surface area contributed by atoms with Gasteiger partial charge in [0.05, 0.1) is 18.5 Å². The number of carbonyl (C=O) groups excluding carboxylic acids is 1. The number of piperazine rings is 1. The molecule has 1 fully saturated rings. The van der Waals surface area contributed by atoms with Crippen molar-refractivity contribution in [1.82, 2.24) is 9.88 Å². The van der Waals surface area contributed by atoms with Crippen LogP contribution in [-0.4, -0.2) is 54.0 Å². The lowest BCUT2D eigenvalue weighted by atomic mass is 10.1. The van der Waals surface area contributed by atoms with Crippen LogP contribution in [0.25, 0.3) is 0 Å². The molecule has 0 N–H and O–H groups in total. The van der Waals surface area contributed by atoms with Crippen molar-refractivity contribution in [1.29, 1.82) is 0 Å². The second-order valence-electron chi connectivity index (χ2n) is 6.48. The fourth-order valence-electron chi connectivity index (χ4n) is 3.15. The zero-order chi connectivity index (χ0) is 19.4. The molecule has 1 saturated heterocycles. The summed E-state index contributed by atoms with van der Waals surface area (Å²) in [4.78, 5) is 31.1. The van der Waals surface area contributed by atoms with Crippen LogP contribution in [0.2, 0.25) is 0 Å². The molecule has 0 bridgehead atoms. The average molecular weight is 370 g/mol. The number of nitrogens with zero attached hydrogens (tertiary/aromatic N) is 4. The predicted octanol–water partition coefficient (Wildman–Crippen LogP) is 2.20. The van der Waals surface area contributed by atoms with Crippen LogP contribution < -0.4 is 9.64 Å². The Hall–Kier alpha value is -3.16. The molecule has 0 atom stereocenters. The van der Waals surface area contributed by atoms with E-state index < -0.39 is 4.92 Å². The van der Waals surface area contributed by atoms with Gasteiger partial charge >= 0.3 is 0 Å². The third-order valence-corrected chi connectivity index (χ3v) is 4.71. The molecule has 142 valence electrons. The fraction of sp³-hybridized carbons (Fsp3) is 0.368. The van der Waals surface area contributed by atoms with E-state index in [0.717, 1.165) is 11.3 Å². The monoisotopic (exact) mass is 370 g/mol. The van der Waals surface area contributed by atoms with Gasteiger partial charge in [-0.3, -0.25) is 14.9 Å². The second-order valence-corrected chi connectivity index (χ2v) is 6.48. The highest BCUT2D eigenvalue weighted by molar-refractivity contribution is 5.79. The van der Waals surface area contributed by atoms with Crippen molar-refractivity contribution < 1.29 is 14.5 Å². The van der Waals surface area contributed by atoms with E-state index in [-0.39, 0.29) is 11.6 Å². The van der Waals surface area contributed by atoms with Gasteiger partial charge in [-0.2, -0.15) is 0 Å². The maximum atomic E-state index is 12.6. The SMILES string of the molecule is COc1cccc(CC(=O)N2CCN(c3cc(C)c([N+](=O)[O-])cn3)CC2)c1. The summed E-state index contributed by atoms with van der Waals surface area (Å²) in [5.41, 5.74) is 1.53. The number of carbonyl (C=O) groups is 1. The van der Waals surface area contributed by atoms with Gasteiger partial charge in [0.2, 0.25) is 5.91 Å². The maximum Gasteiger partial charge on any atom is 0.290 e. The molecular formula is C19H22N4O4. The van der Waals surface area contributed by atoms with Gasteiger partial charge < -0.3 is 14.5 Å². The lowest BCUT2D eigenvalue weighted by Crippen LogP contribution is -2.49. The average Bonchev–Trinajstić information content (AvgIpc) is 2.68. The number of pyridine rings is 1. The Bertz CT molecular complexity index is 847. The molecule has 2 heterocycles. The van der Waals surface area contributed by atoms with Crippen LogP contribution in [-0.2, 0) is 11.2 Å². The Morgan fingerprint density at radius 2 is 2.00 bits per heavy atom. The molecule has 3 rings (SSSR count). The van der Waals surface area contributed by atoms with Crippen molar-refractivity contribution in [3.8, 4) is 5.75 Å². The molecule has 2 aromatic rings. The summed E-state index contributed by atoms with van der Waals surface area (Å²) in [6, 6.07) is 9.25. The molecule has 0 spiro atoms. The lowest BCUT2D eigenvalue weighted by molar-refractivity contribution is -0.385. The third-order valence-electron chi connectivity index (χ3n) is 4.71. The lowest BCUT2D eigenvalue weighted by Gasteiger charge is -2.35. The van der Waals surface area contributed by atoms with Crippen LogP contribution in [0.1, 0.15) is 11.1 Å². The number of aryl methyl sites for hydroxylation is 1. The van der Waals surface area contributed by atoms with Crippen LogP contribution in [0.15, 0.2) is 36.5 Å². The number of ether oxygens (including phenoxy) is 1. The molecule has 8 heteroatoms. The van der Waals surface area contributed by atoms with E-state index in [4.69, 9.17) is 4.74 Å². The van der Waals surface area contributed by atoms with Crippen LogP contribution in [0.4, 0.5) is 11.5 Å². The van der Waals surface area contributed by atoms with E-state index in [1.807, 2.05) is 34.1 Å². The first-order chi connectivity index (χ1) is 13.0. The summed E-state index contributed by atoms with van der Waals surface area (Å²) in [5.74, 6) is 1.53. The first kappa shape index (κ1) is 18.6. The van der Waals surface area contributed by atoms with Gasteiger partial charge in [0.15, 0.2) is 0 Å². The van der Waals surface area contributed by atoms with Crippen molar-refractivity contribution in [2.75, 3.05) is 38.2 Å². The number of hydrogen-bond donors (Lipinski definition) is 0. The minimum atomic E-state index is -0.429. The molecule has 0 unspecified atom stereocenters. The highest BCUT2D eigenvalue weighted by Gasteiger charge is 2.23. The molecule has 27 heavy (non-hydrogen) atoms. The predicted molar refractivity (Wildman–Crippen MR) is 101 cm³/mol. The molecule has 0 saturated carbocycles. The van der Waals surface area contributed by atoms with E-state index >= 15 is 0 Å². The number of aromatic nitrogens is 1. The topological polar surface area (TPSA) is 88.8 Å². The van der Waals surface area contributed by atoms with E-state index in [1.54, 1.807) is 20.1 Å². The zero-order valence-corrected chi connectivity index (χ0v) is 15.4. The first-order valence-electron chi connectivity index (χ1n) is 8.74. The summed E-state index contributed by atoms with van der Waals surface area (Å²) in [6.45, 7) is 4.19. The molecular weight excluding hydrogens is 348 g/mol. The maximum absolute atomic E-state index is 12.6. The fourth-order valence-corrected chi connectivity index (χ4v) is 3.15. The van der Waals surface area contributed by atoms with Crippen molar-refractivity contribution in [3.05, 3.63) is 57.8 Å². The number of benzene rings is 1. The summed E-state index contributed by atoms with van der Waals surface area (Å²) in [6.07, 6.45) is 1.64. The molecule has 1 aromatic carbocycles. The van der Waals surface area contributed by atoms with Gasteiger partial charge in [0.25, 0.3) is 5.69 Å². The van der Waals surface area contributed by atoms with E-state index in [0.29, 0.717) is 44.0 Å². The number of nitro groups is 1. The van der Waals surface area contributed by atoms with E-state index in [1.165, 1.54) is 6.20 Å². The standard InChI is InChI=1S/C19H22N4O4/c1-14-10-18(20-13-17(14)23(25)26)21-6-8-22(9-7-21)19(24)12-15-4-3-5-16(11-15)27-2/h3-5,10-11,13H,6-9,12H2,1-2H3. The van der Waals surface area contributed by atoms with Gasteiger partial charge in [-0.05, 0) is 30.7 Å². The summed E-state index contributed by atoms with van der Waals surface area (Å²) >= 11 is 0. The Morgan fingerprint density at radius 3 is 2.63 bits per heavy atom. The minimum Gasteiger partial charge on any atom is -0.497 e. The quantitative estimate of drug-likeness (QED) is 0.592. The summed E-state index contributed by atoms with van der Waals surface area (Å²) in [5, 5.41) is 10.9. The molecule has 1 aromatic heterocycles. The minimum absolute atomic E-state index is 0.0193. The van der Waals surface area contributed by atoms with Gasteiger partial charge in [-0.25, -0.2) is 4.98 Å². The number of rotatable bonds is 5. The Morgan fingerprint density at radius 1 is 1.26 bits per heavy atom.